The summed E-state index contributed by atoms with van der Waals surface area (Å²) in [4.78, 5) is 25.1. The van der Waals surface area contributed by atoms with Crippen molar-refractivity contribution in [3.05, 3.63) is 34.9 Å². The van der Waals surface area contributed by atoms with Gasteiger partial charge < -0.3 is 10.6 Å². The molecule has 152 valence electrons. The Morgan fingerprint density at radius 1 is 1.04 bits per heavy atom. The molecule has 2 N–H and O–H groups in total. The van der Waals surface area contributed by atoms with Crippen molar-refractivity contribution in [2.24, 2.45) is 17.8 Å². The Balaban J connectivity index is 1.35. The van der Waals surface area contributed by atoms with Crippen molar-refractivity contribution in [3.63, 3.8) is 0 Å². The van der Waals surface area contributed by atoms with Gasteiger partial charge in [0.25, 0.3) is 0 Å². The van der Waals surface area contributed by atoms with E-state index in [-0.39, 0.29) is 12.1 Å². The molecular formula is C24H34N2O2. The zero-order valence-electron chi connectivity index (χ0n) is 17.3. The molecule has 4 rings (SSSR count). The van der Waals surface area contributed by atoms with Gasteiger partial charge in [-0.1, -0.05) is 31.5 Å². The number of hydrogen-bond acceptors (Lipinski definition) is 2. The molecule has 4 heteroatoms. The summed E-state index contributed by atoms with van der Waals surface area (Å²) in [6, 6.07) is 6.53. The van der Waals surface area contributed by atoms with Gasteiger partial charge in [0, 0.05) is 6.04 Å². The summed E-state index contributed by atoms with van der Waals surface area (Å²) in [5, 5.41) is 5.95. The van der Waals surface area contributed by atoms with Gasteiger partial charge in [0.2, 0.25) is 0 Å². The molecule has 3 aliphatic rings. The van der Waals surface area contributed by atoms with Gasteiger partial charge in [0.15, 0.2) is 0 Å². The first-order valence-electron chi connectivity index (χ1n) is 11.3. The van der Waals surface area contributed by atoms with Gasteiger partial charge in [0.05, 0.1) is 6.04 Å². The van der Waals surface area contributed by atoms with Crippen LogP contribution < -0.4 is 10.6 Å². The lowest BCUT2D eigenvalue weighted by Gasteiger charge is -2.28. The molecule has 2 bridgehead atoms. The smallest absolute Gasteiger partial charge is 0.309 e. The van der Waals surface area contributed by atoms with Crippen LogP contribution in [-0.4, -0.2) is 17.9 Å². The van der Waals surface area contributed by atoms with Gasteiger partial charge >= 0.3 is 11.8 Å². The summed E-state index contributed by atoms with van der Waals surface area (Å²) in [6.07, 6.45) is 10.7. The van der Waals surface area contributed by atoms with E-state index in [2.05, 4.69) is 42.7 Å². The first-order valence-corrected chi connectivity index (χ1v) is 11.3. The Kier molecular flexibility index (Phi) is 5.75. The van der Waals surface area contributed by atoms with Crippen molar-refractivity contribution < 1.29 is 9.59 Å². The van der Waals surface area contributed by atoms with E-state index < -0.39 is 11.8 Å². The van der Waals surface area contributed by atoms with E-state index in [1.807, 2.05) is 0 Å². The van der Waals surface area contributed by atoms with Crippen molar-refractivity contribution in [2.75, 3.05) is 0 Å². The highest BCUT2D eigenvalue weighted by Gasteiger charge is 2.42. The minimum atomic E-state index is -0.500. The summed E-state index contributed by atoms with van der Waals surface area (Å²) >= 11 is 0. The number of aryl methyl sites for hydroxylation is 2. The molecule has 4 nitrogen and oxygen atoms in total. The van der Waals surface area contributed by atoms with Crippen LogP contribution >= 0.6 is 0 Å². The number of hydrogen-bond donors (Lipinski definition) is 2. The average molecular weight is 383 g/mol. The summed E-state index contributed by atoms with van der Waals surface area (Å²) < 4.78 is 0. The lowest BCUT2D eigenvalue weighted by atomic mass is 9.84. The Morgan fingerprint density at radius 3 is 2.46 bits per heavy atom. The Labute approximate surface area is 168 Å². The van der Waals surface area contributed by atoms with Crippen LogP contribution in [0.2, 0.25) is 0 Å². The average Bonchev–Trinajstić information content (AvgIpc) is 3.35. The molecule has 5 unspecified atom stereocenters. The first-order chi connectivity index (χ1) is 13.5. The van der Waals surface area contributed by atoms with Crippen LogP contribution in [0.3, 0.4) is 0 Å². The van der Waals surface area contributed by atoms with Gasteiger partial charge in [-0.15, -0.1) is 0 Å². The van der Waals surface area contributed by atoms with E-state index in [9.17, 15) is 9.59 Å². The van der Waals surface area contributed by atoms with E-state index in [1.54, 1.807) is 0 Å². The lowest BCUT2D eigenvalue weighted by Crippen LogP contribution is -2.47. The third-order valence-electron chi connectivity index (χ3n) is 7.49. The quantitative estimate of drug-likeness (QED) is 0.754. The summed E-state index contributed by atoms with van der Waals surface area (Å²) in [7, 11) is 0. The van der Waals surface area contributed by atoms with Crippen LogP contribution in [0, 0.1) is 17.8 Å². The zero-order chi connectivity index (χ0) is 19.7. The fourth-order valence-electron chi connectivity index (χ4n) is 5.90. The van der Waals surface area contributed by atoms with Crippen molar-refractivity contribution >= 4 is 11.8 Å². The maximum Gasteiger partial charge on any atom is 0.309 e. The predicted octanol–water partition coefficient (Wildman–Crippen LogP) is 4.07. The molecule has 0 aromatic heterocycles. The minimum absolute atomic E-state index is 0.0809. The molecule has 0 saturated heterocycles. The molecule has 1 aromatic carbocycles. The Morgan fingerprint density at radius 2 is 1.79 bits per heavy atom. The van der Waals surface area contributed by atoms with Gasteiger partial charge in [-0.05, 0) is 92.7 Å². The van der Waals surface area contributed by atoms with E-state index >= 15 is 0 Å². The fourth-order valence-corrected chi connectivity index (χ4v) is 5.90. The van der Waals surface area contributed by atoms with E-state index in [0.29, 0.717) is 5.92 Å². The number of carbonyl (C=O) groups is 2. The fraction of sp³-hybridized carbons (Fsp3) is 0.667. The number of rotatable bonds is 5. The third-order valence-corrected chi connectivity index (χ3v) is 7.49. The molecule has 0 heterocycles. The van der Waals surface area contributed by atoms with Gasteiger partial charge in [-0.25, -0.2) is 0 Å². The van der Waals surface area contributed by atoms with Crippen LogP contribution in [-0.2, 0) is 22.4 Å². The van der Waals surface area contributed by atoms with E-state index in [1.165, 1.54) is 49.7 Å². The molecule has 2 amide bonds. The maximum atomic E-state index is 12.6. The third kappa shape index (κ3) is 3.97. The molecule has 0 radical (unpaired) electrons. The van der Waals surface area contributed by atoms with Crippen molar-refractivity contribution in [1.29, 1.82) is 0 Å². The number of amides is 2. The maximum absolute atomic E-state index is 12.6. The molecule has 0 aliphatic heterocycles. The highest BCUT2D eigenvalue weighted by molar-refractivity contribution is 6.35. The van der Waals surface area contributed by atoms with Gasteiger partial charge in [0.1, 0.15) is 0 Å². The van der Waals surface area contributed by atoms with Crippen molar-refractivity contribution in [2.45, 2.75) is 83.7 Å². The molecular weight excluding hydrogens is 348 g/mol. The highest BCUT2D eigenvalue weighted by Crippen LogP contribution is 2.49. The summed E-state index contributed by atoms with van der Waals surface area (Å²) in [5.41, 5.74) is 3.96. The monoisotopic (exact) mass is 382 g/mol. The summed E-state index contributed by atoms with van der Waals surface area (Å²) in [6.45, 7) is 4.12. The molecule has 3 aliphatic carbocycles. The first kappa shape index (κ1) is 19.5. The van der Waals surface area contributed by atoms with Crippen molar-refractivity contribution in [3.8, 4) is 0 Å². The number of benzene rings is 1. The van der Waals surface area contributed by atoms with Crippen LogP contribution in [0.1, 0.15) is 81.5 Å². The highest BCUT2D eigenvalue weighted by atomic mass is 16.2. The van der Waals surface area contributed by atoms with Crippen LogP contribution in [0.4, 0.5) is 0 Å². The van der Waals surface area contributed by atoms with Gasteiger partial charge in [-0.3, -0.25) is 9.59 Å². The van der Waals surface area contributed by atoms with E-state index in [4.69, 9.17) is 0 Å². The molecule has 28 heavy (non-hydrogen) atoms. The van der Waals surface area contributed by atoms with Crippen LogP contribution in [0.5, 0.6) is 0 Å². The van der Waals surface area contributed by atoms with Gasteiger partial charge in [-0.2, -0.15) is 0 Å². The second-order valence-electron chi connectivity index (χ2n) is 9.27. The second kappa shape index (κ2) is 8.26. The zero-order valence-corrected chi connectivity index (χ0v) is 17.3. The molecule has 0 spiro atoms. The van der Waals surface area contributed by atoms with Crippen LogP contribution in [0.25, 0.3) is 0 Å². The SMILES string of the molecule is CCC(NC(=O)C(=O)NC(C)C1CC2CCC1C2)c1ccc2c(c1)CCCC2. The molecule has 1 aromatic rings. The van der Waals surface area contributed by atoms with Crippen molar-refractivity contribution in [1.82, 2.24) is 10.6 Å². The number of carbonyl (C=O) groups excluding carboxylic acids is 2. The molecule has 5 atom stereocenters. The topological polar surface area (TPSA) is 58.2 Å². The molecule has 2 fully saturated rings. The Bertz CT molecular complexity index is 744. The summed E-state index contributed by atoms with van der Waals surface area (Å²) in [5.74, 6) is 1.14. The minimum Gasteiger partial charge on any atom is -0.345 e. The largest absolute Gasteiger partial charge is 0.345 e. The standard InChI is InChI=1S/C24H34N2O2/c1-3-22(20-11-10-17-6-4-5-7-18(17)14-20)26-24(28)23(27)25-15(2)21-13-16-8-9-19(21)12-16/h10-11,14-16,19,21-22H,3-9,12-13H2,1-2H3,(H,25,27)(H,26,28). The lowest BCUT2D eigenvalue weighted by molar-refractivity contribution is -0.140. The normalized spacial score (nSPS) is 27.7. The molecule has 2 saturated carbocycles. The number of nitrogens with one attached hydrogen (secondary N) is 2. The number of fused-ring (bicyclic) bond motifs is 3. The predicted molar refractivity (Wildman–Crippen MR) is 111 cm³/mol. The second-order valence-corrected chi connectivity index (χ2v) is 9.27. The Hall–Kier alpha value is -1.84. The van der Waals surface area contributed by atoms with Crippen LogP contribution in [0.15, 0.2) is 18.2 Å². The van der Waals surface area contributed by atoms with E-state index in [0.717, 1.165) is 36.7 Å².